The van der Waals surface area contributed by atoms with Crippen molar-refractivity contribution in [3.8, 4) is 0 Å². The molecule has 0 unspecified atom stereocenters. The number of aromatic nitrogens is 2. The predicted octanol–water partition coefficient (Wildman–Crippen LogP) is 4.91. The molecule has 27 heavy (non-hydrogen) atoms. The number of thiazole rings is 1. The quantitative estimate of drug-likeness (QED) is 0.474. The van der Waals surface area contributed by atoms with Gasteiger partial charge >= 0.3 is 0 Å². The van der Waals surface area contributed by atoms with E-state index in [1.807, 2.05) is 54.6 Å². The van der Waals surface area contributed by atoms with E-state index < -0.39 is 0 Å². The van der Waals surface area contributed by atoms with Gasteiger partial charge in [-0.2, -0.15) is 0 Å². The van der Waals surface area contributed by atoms with Crippen LogP contribution in [-0.4, -0.2) is 15.9 Å². The van der Waals surface area contributed by atoms with Crippen LogP contribution >= 0.6 is 23.1 Å². The third-order valence-electron chi connectivity index (χ3n) is 4.03. The largest absolute Gasteiger partial charge is 0.348 e. The zero-order valence-electron chi connectivity index (χ0n) is 14.5. The summed E-state index contributed by atoms with van der Waals surface area (Å²) in [5.41, 5.74) is 3.86. The van der Waals surface area contributed by atoms with E-state index in [0.717, 1.165) is 21.2 Å². The molecule has 1 N–H and O–H groups in total. The van der Waals surface area contributed by atoms with Crippen LogP contribution in [0.3, 0.4) is 0 Å². The molecular weight excluding hydrogens is 374 g/mol. The Kier molecular flexibility index (Phi) is 5.46. The van der Waals surface area contributed by atoms with Gasteiger partial charge in [-0.3, -0.25) is 9.78 Å². The number of carbonyl (C=O) groups excluding carboxylic acids is 1. The number of para-hydroxylation sites is 1. The number of hydrogen-bond acceptors (Lipinski definition) is 5. The van der Waals surface area contributed by atoms with Gasteiger partial charge in [0.1, 0.15) is 0 Å². The molecule has 4 rings (SSSR count). The monoisotopic (exact) mass is 391 g/mol. The molecule has 2 heterocycles. The van der Waals surface area contributed by atoms with Gasteiger partial charge < -0.3 is 5.32 Å². The number of carbonyl (C=O) groups is 1. The van der Waals surface area contributed by atoms with E-state index in [0.29, 0.717) is 12.1 Å². The molecule has 6 heteroatoms. The molecule has 0 radical (unpaired) electrons. The van der Waals surface area contributed by atoms with E-state index in [2.05, 4.69) is 21.4 Å². The molecule has 0 saturated heterocycles. The highest BCUT2D eigenvalue weighted by atomic mass is 32.2. The van der Waals surface area contributed by atoms with Crippen LogP contribution in [0.15, 0.2) is 77.4 Å². The Labute approximate surface area is 165 Å². The number of benzene rings is 2. The molecule has 0 saturated carbocycles. The SMILES string of the molecule is O=C(NCc1cccnc1)c1ccc(CSc2nc3ccccc3s2)cc1. The summed E-state index contributed by atoms with van der Waals surface area (Å²) in [5.74, 6) is 0.751. The maximum Gasteiger partial charge on any atom is 0.251 e. The molecule has 0 spiro atoms. The summed E-state index contributed by atoms with van der Waals surface area (Å²) in [6.07, 6.45) is 3.47. The van der Waals surface area contributed by atoms with Gasteiger partial charge in [-0.15, -0.1) is 11.3 Å². The molecule has 4 aromatic rings. The van der Waals surface area contributed by atoms with Crippen molar-refractivity contribution in [3.05, 3.63) is 89.7 Å². The van der Waals surface area contributed by atoms with Gasteiger partial charge in [0.2, 0.25) is 0 Å². The van der Waals surface area contributed by atoms with Crippen molar-refractivity contribution in [3.63, 3.8) is 0 Å². The Bertz CT molecular complexity index is 1010. The Morgan fingerprint density at radius 1 is 1.00 bits per heavy atom. The average Bonchev–Trinajstić information content (AvgIpc) is 3.15. The number of hydrogen-bond donors (Lipinski definition) is 1. The number of nitrogens with one attached hydrogen (secondary N) is 1. The van der Waals surface area contributed by atoms with Crippen LogP contribution in [0.25, 0.3) is 10.2 Å². The fourth-order valence-electron chi connectivity index (χ4n) is 2.60. The lowest BCUT2D eigenvalue weighted by Gasteiger charge is -2.06. The normalized spacial score (nSPS) is 10.8. The highest BCUT2D eigenvalue weighted by Gasteiger charge is 2.07. The topological polar surface area (TPSA) is 54.9 Å². The van der Waals surface area contributed by atoms with E-state index in [1.165, 1.54) is 10.3 Å². The van der Waals surface area contributed by atoms with E-state index in [1.54, 1.807) is 35.5 Å². The minimum absolute atomic E-state index is 0.0794. The van der Waals surface area contributed by atoms with Crippen LogP contribution in [0.2, 0.25) is 0 Å². The first-order valence-corrected chi connectivity index (χ1v) is 10.3. The van der Waals surface area contributed by atoms with Gasteiger partial charge in [0.25, 0.3) is 5.91 Å². The summed E-state index contributed by atoms with van der Waals surface area (Å²) in [5, 5.41) is 2.91. The van der Waals surface area contributed by atoms with Crippen molar-refractivity contribution in [1.29, 1.82) is 0 Å². The maximum absolute atomic E-state index is 12.3. The fraction of sp³-hybridized carbons (Fsp3) is 0.0952. The van der Waals surface area contributed by atoms with E-state index in [4.69, 9.17) is 0 Å². The Balaban J connectivity index is 1.33. The second-order valence-electron chi connectivity index (χ2n) is 5.98. The third-order valence-corrected chi connectivity index (χ3v) is 6.28. The predicted molar refractivity (Wildman–Crippen MR) is 111 cm³/mol. The molecule has 0 aliphatic carbocycles. The molecule has 2 aromatic carbocycles. The molecule has 4 nitrogen and oxygen atoms in total. The van der Waals surface area contributed by atoms with Crippen molar-refractivity contribution in [2.75, 3.05) is 0 Å². The molecule has 0 atom stereocenters. The molecule has 0 aliphatic heterocycles. The molecule has 0 fully saturated rings. The van der Waals surface area contributed by atoms with Crippen molar-refractivity contribution in [2.24, 2.45) is 0 Å². The molecule has 1 amide bonds. The van der Waals surface area contributed by atoms with Gasteiger partial charge in [0, 0.05) is 30.3 Å². The number of rotatable bonds is 6. The van der Waals surface area contributed by atoms with Crippen LogP contribution in [0.1, 0.15) is 21.5 Å². The van der Waals surface area contributed by atoms with Gasteiger partial charge in [-0.1, -0.05) is 42.1 Å². The van der Waals surface area contributed by atoms with Crippen molar-refractivity contribution in [2.45, 2.75) is 16.6 Å². The number of nitrogens with zero attached hydrogens (tertiary/aromatic N) is 2. The number of amides is 1. The standard InChI is InChI=1S/C21H17N3OS2/c25-20(23-13-16-4-3-11-22-12-16)17-9-7-15(8-10-17)14-26-21-24-18-5-1-2-6-19(18)27-21/h1-12H,13-14H2,(H,23,25). The summed E-state index contributed by atoms with van der Waals surface area (Å²) < 4.78 is 2.27. The number of fused-ring (bicyclic) bond motifs is 1. The molecule has 0 aliphatic rings. The smallest absolute Gasteiger partial charge is 0.251 e. The Morgan fingerprint density at radius 3 is 2.63 bits per heavy atom. The first-order valence-electron chi connectivity index (χ1n) is 8.52. The first-order chi connectivity index (χ1) is 13.3. The summed E-state index contributed by atoms with van der Waals surface area (Å²) in [6, 6.07) is 19.7. The summed E-state index contributed by atoms with van der Waals surface area (Å²) in [4.78, 5) is 21.0. The van der Waals surface area contributed by atoms with Gasteiger partial charge in [-0.25, -0.2) is 4.98 Å². The van der Waals surface area contributed by atoms with Crippen molar-refractivity contribution in [1.82, 2.24) is 15.3 Å². The van der Waals surface area contributed by atoms with E-state index >= 15 is 0 Å². The van der Waals surface area contributed by atoms with Crippen LogP contribution in [0, 0.1) is 0 Å². The maximum atomic E-state index is 12.3. The Hall–Kier alpha value is -2.70. The highest BCUT2D eigenvalue weighted by molar-refractivity contribution is 8.00. The summed E-state index contributed by atoms with van der Waals surface area (Å²) in [7, 11) is 0. The van der Waals surface area contributed by atoms with E-state index in [9.17, 15) is 4.79 Å². The van der Waals surface area contributed by atoms with Gasteiger partial charge in [0.15, 0.2) is 4.34 Å². The zero-order valence-corrected chi connectivity index (χ0v) is 16.1. The summed E-state index contributed by atoms with van der Waals surface area (Å²) in [6.45, 7) is 0.474. The highest BCUT2D eigenvalue weighted by Crippen LogP contribution is 2.31. The fourth-order valence-corrected chi connectivity index (χ4v) is 4.62. The van der Waals surface area contributed by atoms with Gasteiger partial charge in [-0.05, 0) is 41.5 Å². The van der Waals surface area contributed by atoms with Crippen LogP contribution in [0.4, 0.5) is 0 Å². The van der Waals surface area contributed by atoms with Crippen LogP contribution < -0.4 is 5.32 Å². The average molecular weight is 392 g/mol. The van der Waals surface area contributed by atoms with Gasteiger partial charge in [0.05, 0.1) is 10.2 Å². The van der Waals surface area contributed by atoms with Crippen LogP contribution in [0.5, 0.6) is 0 Å². The van der Waals surface area contributed by atoms with Crippen molar-refractivity contribution >= 4 is 39.2 Å². The third kappa shape index (κ3) is 4.53. The molecule has 134 valence electrons. The zero-order chi connectivity index (χ0) is 18.5. The minimum Gasteiger partial charge on any atom is -0.348 e. The van der Waals surface area contributed by atoms with Crippen LogP contribution in [-0.2, 0) is 12.3 Å². The lowest BCUT2D eigenvalue weighted by Crippen LogP contribution is -2.22. The van der Waals surface area contributed by atoms with Crippen molar-refractivity contribution < 1.29 is 4.79 Å². The summed E-state index contributed by atoms with van der Waals surface area (Å²) >= 11 is 3.43. The second-order valence-corrected chi connectivity index (χ2v) is 8.23. The number of thioether (sulfide) groups is 1. The second kappa shape index (κ2) is 8.33. The number of pyridine rings is 1. The first kappa shape index (κ1) is 17.7. The lowest BCUT2D eigenvalue weighted by atomic mass is 10.1. The molecule has 2 aromatic heterocycles. The van der Waals surface area contributed by atoms with E-state index in [-0.39, 0.29) is 5.91 Å². The minimum atomic E-state index is -0.0794. The lowest BCUT2D eigenvalue weighted by molar-refractivity contribution is 0.0951. The molecular formula is C21H17N3OS2. The molecule has 0 bridgehead atoms. The Morgan fingerprint density at radius 2 is 1.85 bits per heavy atom.